The van der Waals surface area contributed by atoms with Crippen molar-refractivity contribution in [1.29, 1.82) is 0 Å². The predicted octanol–water partition coefficient (Wildman–Crippen LogP) is 1.89. The van der Waals surface area contributed by atoms with Crippen LogP contribution in [0.15, 0.2) is 30.0 Å². The van der Waals surface area contributed by atoms with Crippen molar-refractivity contribution in [1.82, 2.24) is 24.5 Å². The Morgan fingerprint density at radius 1 is 1.42 bits per heavy atom. The highest BCUT2D eigenvalue weighted by Crippen LogP contribution is 2.19. The zero-order valence-corrected chi connectivity index (χ0v) is 11.3. The van der Waals surface area contributed by atoms with Crippen molar-refractivity contribution >= 4 is 16.3 Å². The number of hydrogen-bond donors (Lipinski definition) is 1. The van der Waals surface area contributed by atoms with Gasteiger partial charge in [0.2, 0.25) is 0 Å². The molecule has 5 nitrogen and oxygen atoms in total. The Morgan fingerprint density at radius 2 is 2.37 bits per heavy atom. The van der Waals surface area contributed by atoms with E-state index in [1.807, 2.05) is 22.5 Å². The van der Waals surface area contributed by atoms with Crippen LogP contribution in [0.25, 0.3) is 4.96 Å². The van der Waals surface area contributed by atoms with E-state index >= 15 is 0 Å². The lowest BCUT2D eigenvalue weighted by Gasteiger charge is -2.06. The molecular formula is C13H15N5S. The van der Waals surface area contributed by atoms with Gasteiger partial charge in [-0.2, -0.15) is 5.10 Å². The molecule has 3 heterocycles. The molecule has 0 aromatic carbocycles. The smallest absolute Gasteiger partial charge is 0.193 e. The second-order valence-electron chi connectivity index (χ2n) is 4.96. The summed E-state index contributed by atoms with van der Waals surface area (Å²) in [5.41, 5.74) is 2.28. The van der Waals surface area contributed by atoms with Crippen LogP contribution in [0.3, 0.4) is 0 Å². The SMILES string of the molecule is c1cc(CNC2CC2)n(Cc2cn3ccsc3n2)n1. The highest BCUT2D eigenvalue weighted by molar-refractivity contribution is 7.15. The summed E-state index contributed by atoms with van der Waals surface area (Å²) in [6.07, 6.45) is 8.60. The molecule has 1 saturated carbocycles. The number of rotatable bonds is 5. The van der Waals surface area contributed by atoms with E-state index < -0.39 is 0 Å². The summed E-state index contributed by atoms with van der Waals surface area (Å²) in [6.45, 7) is 1.63. The summed E-state index contributed by atoms with van der Waals surface area (Å²) in [5.74, 6) is 0. The van der Waals surface area contributed by atoms with E-state index in [-0.39, 0.29) is 0 Å². The molecule has 19 heavy (non-hydrogen) atoms. The van der Waals surface area contributed by atoms with E-state index in [0.29, 0.717) is 0 Å². The zero-order valence-electron chi connectivity index (χ0n) is 10.5. The van der Waals surface area contributed by atoms with E-state index in [9.17, 15) is 0 Å². The van der Waals surface area contributed by atoms with Crippen molar-refractivity contribution in [3.63, 3.8) is 0 Å². The Hall–Kier alpha value is -1.66. The molecule has 3 aromatic rings. The van der Waals surface area contributed by atoms with Gasteiger partial charge < -0.3 is 5.32 Å². The van der Waals surface area contributed by atoms with Crippen LogP contribution in [-0.2, 0) is 13.1 Å². The van der Waals surface area contributed by atoms with Gasteiger partial charge in [0.05, 0.1) is 17.9 Å². The quantitative estimate of drug-likeness (QED) is 0.772. The van der Waals surface area contributed by atoms with E-state index in [1.54, 1.807) is 11.3 Å². The number of aromatic nitrogens is 4. The van der Waals surface area contributed by atoms with Gasteiger partial charge in [0, 0.05) is 36.6 Å². The fourth-order valence-corrected chi connectivity index (χ4v) is 2.91. The second-order valence-corrected chi connectivity index (χ2v) is 5.83. The minimum Gasteiger partial charge on any atom is -0.308 e. The maximum Gasteiger partial charge on any atom is 0.193 e. The first-order valence-corrected chi connectivity index (χ1v) is 7.41. The number of imidazole rings is 1. The summed E-state index contributed by atoms with van der Waals surface area (Å²) >= 11 is 1.66. The summed E-state index contributed by atoms with van der Waals surface area (Å²) < 4.78 is 4.09. The van der Waals surface area contributed by atoms with Crippen LogP contribution in [0.1, 0.15) is 24.2 Å². The molecule has 0 unspecified atom stereocenters. The maximum atomic E-state index is 4.60. The van der Waals surface area contributed by atoms with Gasteiger partial charge in [-0.25, -0.2) is 4.98 Å². The molecule has 98 valence electrons. The average Bonchev–Trinajstić information content (AvgIpc) is 2.80. The Labute approximate surface area is 114 Å². The monoisotopic (exact) mass is 273 g/mol. The van der Waals surface area contributed by atoms with E-state index in [1.165, 1.54) is 18.5 Å². The van der Waals surface area contributed by atoms with E-state index in [0.717, 1.165) is 29.8 Å². The van der Waals surface area contributed by atoms with Crippen molar-refractivity contribution in [2.24, 2.45) is 0 Å². The number of nitrogens with one attached hydrogen (secondary N) is 1. The maximum absolute atomic E-state index is 4.60. The number of hydrogen-bond acceptors (Lipinski definition) is 4. The average molecular weight is 273 g/mol. The minimum absolute atomic E-state index is 0.723. The van der Waals surface area contributed by atoms with Crippen LogP contribution in [-0.4, -0.2) is 25.2 Å². The third kappa shape index (κ3) is 2.29. The molecule has 1 fully saturated rings. The first-order valence-electron chi connectivity index (χ1n) is 6.53. The Kier molecular flexibility index (Phi) is 2.63. The second kappa shape index (κ2) is 4.47. The van der Waals surface area contributed by atoms with Crippen molar-refractivity contribution in [2.45, 2.75) is 32.0 Å². The molecule has 6 heteroatoms. The molecule has 0 radical (unpaired) electrons. The first-order chi connectivity index (χ1) is 9.38. The number of fused-ring (bicyclic) bond motifs is 1. The molecule has 0 spiro atoms. The van der Waals surface area contributed by atoms with Crippen LogP contribution in [0.5, 0.6) is 0 Å². The van der Waals surface area contributed by atoms with Gasteiger partial charge in [0.25, 0.3) is 0 Å². The van der Waals surface area contributed by atoms with E-state index in [2.05, 4.69) is 32.1 Å². The summed E-state index contributed by atoms with van der Waals surface area (Å²) in [5, 5.41) is 9.96. The normalized spacial score (nSPS) is 15.4. The lowest BCUT2D eigenvalue weighted by Crippen LogP contribution is -2.19. The molecule has 0 amide bonds. The Bertz CT molecular complexity index is 662. The van der Waals surface area contributed by atoms with Crippen LogP contribution < -0.4 is 5.32 Å². The lowest BCUT2D eigenvalue weighted by molar-refractivity contribution is 0.589. The van der Waals surface area contributed by atoms with Gasteiger partial charge in [0.15, 0.2) is 4.96 Å². The van der Waals surface area contributed by atoms with Crippen LogP contribution in [0.2, 0.25) is 0 Å². The third-order valence-corrected chi connectivity index (χ3v) is 4.18. The molecule has 1 N–H and O–H groups in total. The first kappa shape index (κ1) is 11.2. The van der Waals surface area contributed by atoms with Gasteiger partial charge in [-0.15, -0.1) is 11.3 Å². The molecule has 3 aromatic heterocycles. The van der Waals surface area contributed by atoms with Crippen molar-refractivity contribution in [3.8, 4) is 0 Å². The topological polar surface area (TPSA) is 47.2 Å². The fraction of sp³-hybridized carbons (Fsp3) is 0.385. The van der Waals surface area contributed by atoms with Gasteiger partial charge in [-0.05, 0) is 18.9 Å². The molecule has 0 atom stereocenters. The minimum atomic E-state index is 0.723. The summed E-state index contributed by atoms with van der Waals surface area (Å²) in [7, 11) is 0. The summed E-state index contributed by atoms with van der Waals surface area (Å²) in [6, 6.07) is 2.80. The molecule has 0 aliphatic heterocycles. The molecule has 0 saturated heterocycles. The Balaban J connectivity index is 1.51. The molecule has 4 rings (SSSR count). The molecule has 1 aliphatic carbocycles. The van der Waals surface area contributed by atoms with E-state index in [4.69, 9.17) is 0 Å². The van der Waals surface area contributed by atoms with Crippen LogP contribution in [0.4, 0.5) is 0 Å². The lowest BCUT2D eigenvalue weighted by atomic mass is 10.4. The largest absolute Gasteiger partial charge is 0.308 e. The number of nitrogens with zero attached hydrogens (tertiary/aromatic N) is 4. The molecule has 0 bridgehead atoms. The Morgan fingerprint density at radius 3 is 3.21 bits per heavy atom. The van der Waals surface area contributed by atoms with Gasteiger partial charge in [0.1, 0.15) is 0 Å². The van der Waals surface area contributed by atoms with Crippen molar-refractivity contribution in [3.05, 3.63) is 41.4 Å². The standard InChI is InChI=1S/C13H15N5S/c1-2-10(1)14-7-12-3-4-15-18(12)9-11-8-17-5-6-19-13(17)16-11/h3-6,8,10,14H,1-2,7,9H2. The highest BCUT2D eigenvalue weighted by Gasteiger charge is 2.20. The van der Waals surface area contributed by atoms with Crippen LogP contribution in [0, 0.1) is 0 Å². The fourth-order valence-electron chi connectivity index (χ4n) is 2.19. The highest BCUT2D eigenvalue weighted by atomic mass is 32.1. The molecule has 1 aliphatic rings. The molecular weight excluding hydrogens is 258 g/mol. The van der Waals surface area contributed by atoms with Gasteiger partial charge in [-0.1, -0.05) is 0 Å². The third-order valence-electron chi connectivity index (χ3n) is 3.41. The van der Waals surface area contributed by atoms with Crippen molar-refractivity contribution in [2.75, 3.05) is 0 Å². The number of thiazole rings is 1. The zero-order chi connectivity index (χ0) is 12.7. The van der Waals surface area contributed by atoms with Gasteiger partial charge in [-0.3, -0.25) is 9.08 Å². The van der Waals surface area contributed by atoms with Gasteiger partial charge >= 0.3 is 0 Å². The van der Waals surface area contributed by atoms with Crippen molar-refractivity contribution < 1.29 is 0 Å². The van der Waals surface area contributed by atoms with Crippen LogP contribution >= 0.6 is 11.3 Å². The predicted molar refractivity (Wildman–Crippen MR) is 74.3 cm³/mol. The summed E-state index contributed by atoms with van der Waals surface area (Å²) in [4.78, 5) is 5.64.